The van der Waals surface area contributed by atoms with Gasteiger partial charge in [-0.25, -0.2) is 36.4 Å². The Morgan fingerprint density at radius 1 is 0.654 bits per heavy atom. The van der Waals surface area contributed by atoms with Crippen LogP contribution in [0.25, 0.3) is 6.08 Å². The van der Waals surface area contributed by atoms with E-state index in [1.165, 1.54) is 0 Å². The minimum absolute atomic E-state index is 0. The molecule has 0 aliphatic rings. The number of aliphatic hydroxyl groups is 1. The predicted octanol–water partition coefficient (Wildman–Crippen LogP) is 5.68. The molecule has 1 nitrogen and oxygen atoms in total. The summed E-state index contributed by atoms with van der Waals surface area (Å²) in [5.74, 6) is 0. The molecule has 0 saturated heterocycles. The van der Waals surface area contributed by atoms with Gasteiger partial charge in [-0.05, 0) is 0 Å². The van der Waals surface area contributed by atoms with E-state index in [9.17, 15) is 5.11 Å². The van der Waals surface area contributed by atoms with Gasteiger partial charge in [0.2, 0.25) is 0 Å². The fourth-order valence-corrected chi connectivity index (χ4v) is 2.04. The summed E-state index contributed by atoms with van der Waals surface area (Å²) < 4.78 is 0. The minimum Gasteiger partial charge on any atom is -0.406 e. The van der Waals surface area contributed by atoms with Gasteiger partial charge in [0.15, 0.2) is 0 Å². The summed E-state index contributed by atoms with van der Waals surface area (Å²) in [5.41, 5.74) is 2.06. The Morgan fingerprint density at radius 2 is 1.08 bits per heavy atom. The summed E-state index contributed by atoms with van der Waals surface area (Å²) in [7, 11) is 0. The van der Waals surface area contributed by atoms with E-state index in [1.807, 2.05) is 115 Å². The van der Waals surface area contributed by atoms with Crippen molar-refractivity contribution in [2.45, 2.75) is 6.10 Å². The molecule has 1 unspecified atom stereocenters. The van der Waals surface area contributed by atoms with Gasteiger partial charge in [0.05, 0.1) is 0 Å². The van der Waals surface area contributed by atoms with E-state index in [2.05, 4.69) is 0 Å². The van der Waals surface area contributed by atoms with Gasteiger partial charge in [-0.3, -0.25) is 0 Å². The van der Waals surface area contributed by atoms with Crippen LogP contribution in [0.15, 0.2) is 115 Å². The van der Waals surface area contributed by atoms with E-state index in [0.29, 0.717) is 0 Å². The van der Waals surface area contributed by atoms with Gasteiger partial charge in [-0.2, -0.15) is 60.7 Å². The monoisotopic (exact) mass is 426 g/mol. The zero-order valence-corrected chi connectivity index (χ0v) is 16.5. The fourth-order valence-electron chi connectivity index (χ4n) is 2.04. The molecule has 0 spiro atoms. The second kappa shape index (κ2) is 15.4. The van der Waals surface area contributed by atoms with Gasteiger partial charge in [-0.1, -0.05) is 0 Å². The van der Waals surface area contributed by atoms with Crippen molar-refractivity contribution in [2.24, 2.45) is 0 Å². The minimum atomic E-state index is -0.500. The zero-order chi connectivity index (χ0) is 16.9. The third-order valence-electron chi connectivity index (χ3n) is 3.30. The molecular weight excluding hydrogens is 404 g/mol. The molecule has 1 N–H and O–H groups in total. The molecule has 0 aliphatic heterocycles. The molecule has 3 heteroatoms. The molecule has 0 aromatic heterocycles. The molecule has 0 bridgehead atoms. The fraction of sp³-hybridized carbons (Fsp3) is 0.0435. The number of hydrogen-bond acceptors (Lipinski definition) is 1. The summed E-state index contributed by atoms with van der Waals surface area (Å²) in [6, 6.07) is 35.7. The van der Waals surface area contributed by atoms with Crippen molar-refractivity contribution >= 4 is 6.08 Å². The van der Waals surface area contributed by atoms with E-state index in [4.69, 9.17) is 0 Å². The van der Waals surface area contributed by atoms with Gasteiger partial charge < -0.3 is 5.11 Å². The molecule has 0 aliphatic carbocycles. The molecule has 4 rings (SSSR count). The van der Waals surface area contributed by atoms with Crippen molar-refractivity contribution in [2.75, 3.05) is 0 Å². The average Bonchev–Trinajstić information content (AvgIpc) is 3.42. The Kier molecular flexibility index (Phi) is 14.3. The largest absolute Gasteiger partial charge is 2.00 e. The Morgan fingerprint density at radius 3 is 1.46 bits per heavy atom. The van der Waals surface area contributed by atoms with Gasteiger partial charge in [-0.15, -0.1) is 35.4 Å². The standard InChI is InChI=1S/C13H12O.2C5H5.2Fe/c14-13(12-7-3-4-8-12)10-9-11-5-1-2-6-11;2*1-2-4-5-3-1;;/h1-10,13-14H;2*1-5H;;/q-2;2*-1;2*+2. The molecule has 0 heterocycles. The molecule has 26 heavy (non-hydrogen) atoms. The van der Waals surface area contributed by atoms with E-state index in [-0.39, 0.29) is 34.1 Å². The van der Waals surface area contributed by atoms with Crippen LogP contribution < -0.4 is 0 Å². The first-order chi connectivity index (χ1) is 11.9. The Balaban J connectivity index is 0.000000432. The Bertz CT molecular complexity index is 658. The summed E-state index contributed by atoms with van der Waals surface area (Å²) >= 11 is 0. The van der Waals surface area contributed by atoms with Crippen molar-refractivity contribution in [3.63, 3.8) is 0 Å². The van der Waals surface area contributed by atoms with Crippen LogP contribution in [0.5, 0.6) is 0 Å². The Hall–Kier alpha value is -1.86. The van der Waals surface area contributed by atoms with Crippen molar-refractivity contribution < 1.29 is 39.2 Å². The van der Waals surface area contributed by atoms with E-state index < -0.39 is 6.10 Å². The first-order valence-electron chi connectivity index (χ1n) is 7.99. The van der Waals surface area contributed by atoms with Crippen molar-refractivity contribution in [3.05, 3.63) is 126 Å². The van der Waals surface area contributed by atoms with Crippen molar-refractivity contribution in [1.82, 2.24) is 0 Å². The van der Waals surface area contributed by atoms with Crippen LogP contribution in [0.4, 0.5) is 0 Å². The molecule has 4 aromatic rings. The van der Waals surface area contributed by atoms with Crippen LogP contribution in [0.2, 0.25) is 0 Å². The predicted molar refractivity (Wildman–Crippen MR) is 102 cm³/mol. The number of rotatable bonds is 3. The summed E-state index contributed by atoms with van der Waals surface area (Å²) in [5, 5.41) is 9.72. The molecule has 0 saturated carbocycles. The van der Waals surface area contributed by atoms with Crippen LogP contribution in [0, 0.1) is 0 Å². The molecular formula is C23H22Fe2O. The molecule has 0 fully saturated rings. The summed E-state index contributed by atoms with van der Waals surface area (Å²) in [4.78, 5) is 0. The van der Waals surface area contributed by atoms with Gasteiger partial charge >= 0.3 is 34.1 Å². The summed E-state index contributed by atoms with van der Waals surface area (Å²) in [6.07, 6.45) is 3.22. The third kappa shape index (κ3) is 10.2. The maximum Gasteiger partial charge on any atom is 2.00 e. The second-order valence-electron chi connectivity index (χ2n) is 5.16. The van der Waals surface area contributed by atoms with Crippen LogP contribution in [0.3, 0.4) is 0 Å². The van der Waals surface area contributed by atoms with Gasteiger partial charge in [0.1, 0.15) is 0 Å². The van der Waals surface area contributed by atoms with Crippen LogP contribution in [-0.4, -0.2) is 5.11 Å². The SMILES string of the molecule is OC(C=C[c-]1cccc1)[c-]1cccc1.[Fe+2].[Fe+2].c1cc[cH-]c1.c1cc[cH-]c1. The van der Waals surface area contributed by atoms with Crippen LogP contribution in [0.1, 0.15) is 17.2 Å². The van der Waals surface area contributed by atoms with Gasteiger partial charge in [0.25, 0.3) is 0 Å². The molecule has 4 aromatic carbocycles. The first kappa shape index (κ1) is 24.1. The molecule has 0 radical (unpaired) electrons. The first-order valence-corrected chi connectivity index (χ1v) is 7.99. The maximum absolute atomic E-state index is 9.72. The second-order valence-corrected chi connectivity index (χ2v) is 5.16. The molecule has 136 valence electrons. The quantitative estimate of drug-likeness (QED) is 0.330. The smallest absolute Gasteiger partial charge is 0.406 e. The average molecular weight is 426 g/mol. The summed E-state index contributed by atoms with van der Waals surface area (Å²) in [6.45, 7) is 0. The van der Waals surface area contributed by atoms with Crippen molar-refractivity contribution in [1.29, 1.82) is 0 Å². The Labute approximate surface area is 177 Å². The van der Waals surface area contributed by atoms with Crippen molar-refractivity contribution in [3.8, 4) is 0 Å². The number of aliphatic hydroxyl groups excluding tert-OH is 1. The van der Waals surface area contributed by atoms with E-state index in [1.54, 1.807) is 6.08 Å². The zero-order valence-electron chi connectivity index (χ0n) is 14.3. The van der Waals surface area contributed by atoms with E-state index >= 15 is 0 Å². The van der Waals surface area contributed by atoms with Crippen LogP contribution >= 0.6 is 0 Å². The van der Waals surface area contributed by atoms with Gasteiger partial charge in [0, 0.05) is 6.10 Å². The molecule has 0 amide bonds. The molecule has 1 atom stereocenters. The van der Waals surface area contributed by atoms with Crippen LogP contribution in [-0.2, 0) is 34.1 Å². The normalized spacial score (nSPS) is 10.3. The topological polar surface area (TPSA) is 20.2 Å². The number of hydrogen-bond donors (Lipinski definition) is 1. The van der Waals surface area contributed by atoms with E-state index in [0.717, 1.165) is 11.1 Å². The maximum atomic E-state index is 9.72. The third-order valence-corrected chi connectivity index (χ3v) is 3.30.